The van der Waals surface area contributed by atoms with Crippen LogP contribution in [-0.2, 0) is 14.8 Å². The fourth-order valence-electron chi connectivity index (χ4n) is 12.9. The molecule has 3 aromatic rings. The Morgan fingerprint density at radius 1 is 0.875 bits per heavy atom. The number of nitrogens with zero attached hydrogens (tertiary/aromatic N) is 5. The number of rotatable bonds is 21. The molecule has 3 fully saturated rings. The van der Waals surface area contributed by atoms with Crippen LogP contribution in [0.3, 0.4) is 0 Å². The number of anilines is 1. The summed E-state index contributed by atoms with van der Waals surface area (Å²) in [6, 6.07) is 8.21. The molecule has 7 rings (SSSR count). The van der Waals surface area contributed by atoms with E-state index in [0.29, 0.717) is 61.6 Å². The summed E-state index contributed by atoms with van der Waals surface area (Å²) in [5.41, 5.74) is 2.07. The Morgan fingerprint density at radius 3 is 2.41 bits per heavy atom. The number of hydrogen-bond donors (Lipinski definition) is 2. The summed E-state index contributed by atoms with van der Waals surface area (Å²) < 4.78 is 35.4. The van der Waals surface area contributed by atoms with Crippen molar-refractivity contribution in [3.63, 3.8) is 0 Å². The quantitative estimate of drug-likeness (QED) is 0.0445. The first-order chi connectivity index (χ1) is 30.6. The lowest BCUT2D eigenvalue weighted by Gasteiger charge is -2.59. The summed E-state index contributed by atoms with van der Waals surface area (Å²) in [6.07, 6.45) is 17.6. The lowest BCUT2D eigenvalue weighted by Crippen LogP contribution is -2.53. The predicted octanol–water partition coefficient (Wildman–Crippen LogP) is 10.6. The van der Waals surface area contributed by atoms with Crippen molar-refractivity contribution >= 4 is 44.0 Å². The average molecular weight is 904 g/mol. The summed E-state index contributed by atoms with van der Waals surface area (Å²) in [7, 11) is -4.26. The number of para-hydroxylation sites is 1. The predicted molar refractivity (Wildman–Crippen MR) is 247 cm³/mol. The van der Waals surface area contributed by atoms with Gasteiger partial charge in [0, 0.05) is 44.2 Å². The second-order valence-corrected chi connectivity index (χ2v) is 22.2. The number of nitro groups is 2. The number of carbonyl (C=O) groups is 1. The first-order valence-corrected chi connectivity index (χ1v) is 25.3. The van der Waals surface area contributed by atoms with Gasteiger partial charge in [-0.3, -0.25) is 25.0 Å². The molecule has 2 aromatic carbocycles. The highest BCUT2D eigenvalue weighted by Crippen LogP contribution is 2.67. The van der Waals surface area contributed by atoms with E-state index in [1.165, 1.54) is 85.2 Å². The first-order valence-electron chi connectivity index (χ1n) is 23.9. The highest BCUT2D eigenvalue weighted by atomic mass is 32.2. The van der Waals surface area contributed by atoms with Gasteiger partial charge >= 0.3 is 5.69 Å². The first kappa shape index (κ1) is 47.5. The molecule has 2 N–H and O–H groups in total. The van der Waals surface area contributed by atoms with Gasteiger partial charge in [-0.2, -0.15) is 4.31 Å². The molecule has 15 nitrogen and oxygen atoms in total. The Bertz CT molecular complexity index is 2300. The van der Waals surface area contributed by atoms with Crippen molar-refractivity contribution in [3.8, 4) is 0 Å². The van der Waals surface area contributed by atoms with Crippen molar-refractivity contribution in [1.82, 2.24) is 19.9 Å². The maximum absolute atomic E-state index is 14.6. The Labute approximate surface area is 378 Å². The van der Waals surface area contributed by atoms with Crippen LogP contribution in [0.25, 0.3) is 11.0 Å². The fourth-order valence-corrected chi connectivity index (χ4v) is 14.7. The molecule has 0 radical (unpaired) electrons. The van der Waals surface area contributed by atoms with Gasteiger partial charge in [-0.05, 0) is 139 Å². The SMILES string of the molecule is CC(C)CCCC(C)[C@H]1CCC2C3CC=C4C[C@@H](N(CCCNC(=O)CCCCCNc5ccc([N+](=O)[O-])c6nonc56)S(=O)(=O)c5ccccc5[N+](=O)[O-])CC[C@]4(C)C3CC[C@@]21C. The van der Waals surface area contributed by atoms with E-state index in [1.807, 2.05) is 0 Å². The number of sulfonamides is 1. The molecule has 4 aliphatic rings. The summed E-state index contributed by atoms with van der Waals surface area (Å²) in [5, 5.41) is 37.0. The van der Waals surface area contributed by atoms with E-state index < -0.39 is 25.6 Å². The molecule has 4 unspecified atom stereocenters. The Morgan fingerprint density at radius 2 is 1.64 bits per heavy atom. The summed E-state index contributed by atoms with van der Waals surface area (Å²) in [5.74, 6) is 4.10. The van der Waals surface area contributed by atoms with Gasteiger partial charge in [0.2, 0.25) is 21.4 Å². The van der Waals surface area contributed by atoms with E-state index >= 15 is 0 Å². The van der Waals surface area contributed by atoms with Gasteiger partial charge in [-0.25, -0.2) is 13.0 Å². The number of aromatic nitrogens is 2. The monoisotopic (exact) mass is 903 g/mol. The smallest absolute Gasteiger partial charge is 0.300 e. The summed E-state index contributed by atoms with van der Waals surface area (Å²) in [4.78, 5) is 34.8. The lowest BCUT2D eigenvalue weighted by atomic mass is 9.47. The van der Waals surface area contributed by atoms with Crippen molar-refractivity contribution in [2.75, 3.05) is 25.0 Å². The van der Waals surface area contributed by atoms with Gasteiger partial charge in [0.1, 0.15) is 0 Å². The highest BCUT2D eigenvalue weighted by molar-refractivity contribution is 7.89. The number of hydrogen-bond acceptors (Lipinski definition) is 11. The zero-order valence-corrected chi connectivity index (χ0v) is 39.2. The minimum absolute atomic E-state index is 0.00560. The lowest BCUT2D eigenvalue weighted by molar-refractivity contribution is -0.387. The van der Waals surface area contributed by atoms with Gasteiger partial charge in [-0.1, -0.05) is 84.1 Å². The average Bonchev–Trinajstić information content (AvgIpc) is 3.90. The van der Waals surface area contributed by atoms with Crippen LogP contribution in [0.2, 0.25) is 0 Å². The zero-order valence-electron chi connectivity index (χ0n) is 38.4. The van der Waals surface area contributed by atoms with Crippen LogP contribution >= 0.6 is 0 Å². The largest absolute Gasteiger partial charge is 0.383 e. The number of benzene rings is 2. The standard InChI is InChI=1S/C48H69N7O8S/c1-32(2)13-11-14-33(3)37-20-21-38-36-19-18-34-31-35(24-26-47(34,4)39(36)25-27-48(37,38)5)53(64(61,62)43-16-9-8-15-41(43)54(57)58)30-12-29-50-44(56)17-7-6-10-28-49-40-22-23-42(55(59)60)46-45(40)51-63-52-46/h8-9,15-16,18,22-23,32-33,35-39,49H,6-7,10-14,17,19-21,24-31H2,1-5H3,(H,50,56)/t33?,35-,36?,37+,38?,39?,47-,48+/m0/s1. The van der Waals surface area contributed by atoms with Crippen LogP contribution in [0.1, 0.15) is 137 Å². The molecule has 1 aromatic heterocycles. The number of amides is 1. The fraction of sp³-hybridized carbons (Fsp3) is 0.688. The molecular formula is C48H69N7O8S. The topological polar surface area (TPSA) is 204 Å². The third-order valence-corrected chi connectivity index (χ3v) is 18.2. The molecule has 4 aliphatic carbocycles. The van der Waals surface area contributed by atoms with E-state index in [9.17, 15) is 33.4 Å². The minimum atomic E-state index is -4.26. The van der Waals surface area contributed by atoms with Gasteiger partial charge in [0.25, 0.3) is 5.69 Å². The zero-order chi connectivity index (χ0) is 45.8. The van der Waals surface area contributed by atoms with E-state index in [1.54, 1.807) is 6.07 Å². The Kier molecular flexibility index (Phi) is 14.8. The molecule has 1 heterocycles. The molecule has 0 bridgehead atoms. The van der Waals surface area contributed by atoms with Crippen LogP contribution in [-0.4, -0.2) is 64.5 Å². The molecule has 0 spiro atoms. The molecular weight excluding hydrogens is 835 g/mol. The normalized spacial score (nSPS) is 27.1. The van der Waals surface area contributed by atoms with Gasteiger partial charge in [0.05, 0.1) is 15.5 Å². The number of allylic oxidation sites excluding steroid dienone is 1. The van der Waals surface area contributed by atoms with E-state index in [0.717, 1.165) is 49.4 Å². The summed E-state index contributed by atoms with van der Waals surface area (Å²) in [6.45, 7) is 13.2. The maximum Gasteiger partial charge on any atom is 0.300 e. The van der Waals surface area contributed by atoms with Gasteiger partial charge in [0.15, 0.2) is 10.4 Å². The van der Waals surface area contributed by atoms with Crippen LogP contribution < -0.4 is 10.6 Å². The van der Waals surface area contributed by atoms with Crippen molar-refractivity contribution in [3.05, 3.63) is 68.3 Å². The number of fused-ring (bicyclic) bond motifs is 6. The molecule has 350 valence electrons. The highest BCUT2D eigenvalue weighted by Gasteiger charge is 2.59. The Hall–Kier alpha value is -4.44. The third kappa shape index (κ3) is 9.73. The van der Waals surface area contributed by atoms with Crippen molar-refractivity contribution in [1.29, 1.82) is 0 Å². The van der Waals surface area contributed by atoms with Crippen molar-refractivity contribution in [2.24, 2.45) is 46.3 Å². The number of nitrogens with one attached hydrogen (secondary N) is 2. The molecule has 1 amide bonds. The van der Waals surface area contributed by atoms with Crippen LogP contribution in [0, 0.1) is 66.6 Å². The molecule has 3 saturated carbocycles. The Balaban J connectivity index is 0.953. The second kappa shape index (κ2) is 20.0. The number of carbonyl (C=O) groups excluding carboxylic acids is 1. The van der Waals surface area contributed by atoms with Gasteiger partial charge in [-0.15, -0.1) is 0 Å². The second-order valence-electron chi connectivity index (χ2n) is 20.3. The summed E-state index contributed by atoms with van der Waals surface area (Å²) >= 11 is 0. The van der Waals surface area contributed by atoms with E-state index in [4.69, 9.17) is 4.63 Å². The van der Waals surface area contributed by atoms with Crippen molar-refractivity contribution < 1.29 is 27.7 Å². The molecule has 0 saturated heterocycles. The van der Waals surface area contributed by atoms with Crippen molar-refractivity contribution in [2.45, 2.75) is 148 Å². The van der Waals surface area contributed by atoms with E-state index in [-0.39, 0.29) is 52.1 Å². The molecule has 8 atom stereocenters. The van der Waals surface area contributed by atoms with Gasteiger partial charge < -0.3 is 10.6 Å². The number of nitro benzene ring substituents is 2. The van der Waals surface area contributed by atoms with E-state index in [2.05, 4.69) is 61.6 Å². The number of unbranched alkanes of at least 4 members (excludes halogenated alkanes) is 2. The number of non-ortho nitro benzene ring substituents is 1. The van der Waals surface area contributed by atoms with Crippen LogP contribution in [0.4, 0.5) is 17.1 Å². The maximum atomic E-state index is 14.6. The third-order valence-electron chi connectivity index (χ3n) is 16.2. The minimum Gasteiger partial charge on any atom is -0.383 e. The molecule has 0 aliphatic heterocycles. The van der Waals surface area contributed by atoms with Crippen LogP contribution in [0.15, 0.2) is 57.6 Å². The molecule has 64 heavy (non-hydrogen) atoms. The van der Waals surface area contributed by atoms with Crippen LogP contribution in [0.5, 0.6) is 0 Å². The molecule has 16 heteroatoms.